The zero-order valence-corrected chi connectivity index (χ0v) is 11.7. The number of thiazole rings is 1. The van der Waals surface area contributed by atoms with Gasteiger partial charge >= 0.3 is 0 Å². The summed E-state index contributed by atoms with van der Waals surface area (Å²) in [6.07, 6.45) is 1.66. The zero-order valence-electron chi connectivity index (χ0n) is 10.1. The van der Waals surface area contributed by atoms with E-state index < -0.39 is 0 Å². The van der Waals surface area contributed by atoms with Gasteiger partial charge in [0.25, 0.3) is 0 Å². The SMILES string of the molecule is CC1CC1CN(C)C(=O)Cc1nc(CCl)cs1. The van der Waals surface area contributed by atoms with Crippen molar-refractivity contribution in [2.75, 3.05) is 13.6 Å². The molecule has 0 radical (unpaired) electrons. The van der Waals surface area contributed by atoms with Gasteiger partial charge in [-0.25, -0.2) is 4.98 Å². The fourth-order valence-electron chi connectivity index (χ4n) is 1.86. The van der Waals surface area contributed by atoms with Crippen molar-refractivity contribution in [1.82, 2.24) is 9.88 Å². The quantitative estimate of drug-likeness (QED) is 0.772. The Morgan fingerprint density at radius 2 is 2.41 bits per heavy atom. The first-order valence-electron chi connectivity index (χ1n) is 5.83. The van der Waals surface area contributed by atoms with E-state index in [4.69, 9.17) is 11.6 Å². The highest BCUT2D eigenvalue weighted by Gasteiger charge is 2.34. The van der Waals surface area contributed by atoms with Gasteiger partial charge in [-0.2, -0.15) is 0 Å². The first kappa shape index (κ1) is 12.8. The summed E-state index contributed by atoms with van der Waals surface area (Å²) >= 11 is 7.19. The number of halogens is 1. The molecule has 0 aromatic carbocycles. The molecule has 1 aromatic heterocycles. The van der Waals surface area contributed by atoms with E-state index in [-0.39, 0.29) is 5.91 Å². The van der Waals surface area contributed by atoms with Gasteiger partial charge in [-0.1, -0.05) is 6.92 Å². The van der Waals surface area contributed by atoms with E-state index >= 15 is 0 Å². The van der Waals surface area contributed by atoms with Gasteiger partial charge < -0.3 is 4.90 Å². The molecule has 0 saturated heterocycles. The largest absolute Gasteiger partial charge is 0.345 e. The Morgan fingerprint density at radius 1 is 1.71 bits per heavy atom. The van der Waals surface area contributed by atoms with Crippen LogP contribution in [-0.4, -0.2) is 29.4 Å². The van der Waals surface area contributed by atoms with Crippen molar-refractivity contribution < 1.29 is 4.79 Å². The first-order chi connectivity index (χ1) is 8.10. The number of hydrogen-bond donors (Lipinski definition) is 0. The number of alkyl halides is 1. The third-order valence-corrected chi connectivity index (χ3v) is 4.42. The Kier molecular flexibility index (Phi) is 4.05. The van der Waals surface area contributed by atoms with E-state index in [9.17, 15) is 4.79 Å². The van der Waals surface area contributed by atoms with Crippen LogP contribution in [0.15, 0.2) is 5.38 Å². The van der Waals surface area contributed by atoms with E-state index in [1.54, 1.807) is 0 Å². The molecule has 2 atom stereocenters. The molecule has 1 fully saturated rings. The molecule has 1 aliphatic carbocycles. The van der Waals surface area contributed by atoms with Gasteiger partial charge in [0.1, 0.15) is 5.01 Å². The fraction of sp³-hybridized carbons (Fsp3) is 0.667. The maximum absolute atomic E-state index is 11.9. The van der Waals surface area contributed by atoms with Gasteiger partial charge in [-0.3, -0.25) is 4.79 Å². The molecule has 5 heteroatoms. The summed E-state index contributed by atoms with van der Waals surface area (Å²) < 4.78 is 0. The highest BCUT2D eigenvalue weighted by atomic mass is 35.5. The van der Waals surface area contributed by atoms with Crippen LogP contribution in [0.1, 0.15) is 24.0 Å². The number of hydrogen-bond acceptors (Lipinski definition) is 3. The van der Waals surface area contributed by atoms with Crippen LogP contribution in [0.3, 0.4) is 0 Å². The van der Waals surface area contributed by atoms with Gasteiger partial charge in [0.05, 0.1) is 18.0 Å². The summed E-state index contributed by atoms with van der Waals surface area (Å²) in [6.45, 7) is 3.12. The normalized spacial score (nSPS) is 22.5. The molecule has 1 heterocycles. The van der Waals surface area contributed by atoms with Gasteiger partial charge in [0.15, 0.2) is 0 Å². The number of carbonyl (C=O) groups excluding carboxylic acids is 1. The zero-order chi connectivity index (χ0) is 12.4. The van der Waals surface area contributed by atoms with E-state index in [0.717, 1.165) is 23.2 Å². The molecule has 1 saturated carbocycles. The molecule has 1 amide bonds. The Balaban J connectivity index is 1.83. The van der Waals surface area contributed by atoms with E-state index in [2.05, 4.69) is 11.9 Å². The molecule has 3 nitrogen and oxygen atoms in total. The smallest absolute Gasteiger partial charge is 0.229 e. The van der Waals surface area contributed by atoms with Crippen molar-refractivity contribution in [2.45, 2.75) is 25.6 Å². The monoisotopic (exact) mass is 272 g/mol. The molecule has 1 aromatic rings. The molecule has 1 aliphatic rings. The number of carbonyl (C=O) groups is 1. The Bertz CT molecular complexity index is 407. The summed E-state index contributed by atoms with van der Waals surface area (Å²) in [5.74, 6) is 2.06. The Hall–Kier alpha value is -0.610. The molecule has 0 aliphatic heterocycles. The second-order valence-electron chi connectivity index (χ2n) is 4.79. The second-order valence-corrected chi connectivity index (χ2v) is 6.00. The van der Waals surface area contributed by atoms with Crippen LogP contribution in [0.4, 0.5) is 0 Å². The van der Waals surface area contributed by atoms with Crippen LogP contribution in [0.25, 0.3) is 0 Å². The molecular weight excluding hydrogens is 256 g/mol. The Labute approximate surface area is 111 Å². The summed E-state index contributed by atoms with van der Waals surface area (Å²) in [6, 6.07) is 0. The van der Waals surface area contributed by atoms with Crippen molar-refractivity contribution in [3.63, 3.8) is 0 Å². The van der Waals surface area contributed by atoms with Crippen LogP contribution in [0.2, 0.25) is 0 Å². The van der Waals surface area contributed by atoms with Crippen molar-refractivity contribution in [2.24, 2.45) is 11.8 Å². The number of nitrogens with zero attached hydrogens (tertiary/aromatic N) is 2. The topological polar surface area (TPSA) is 33.2 Å². The lowest BCUT2D eigenvalue weighted by Crippen LogP contribution is -2.30. The third kappa shape index (κ3) is 3.42. The predicted octanol–water partition coefficient (Wildman–Crippen LogP) is 2.54. The molecule has 94 valence electrons. The molecular formula is C12H17ClN2OS. The van der Waals surface area contributed by atoms with Gasteiger partial charge in [0.2, 0.25) is 5.91 Å². The van der Waals surface area contributed by atoms with E-state index in [0.29, 0.717) is 18.2 Å². The number of likely N-dealkylation sites (N-methyl/N-ethyl adjacent to an activating group) is 1. The highest BCUT2D eigenvalue weighted by Crippen LogP contribution is 2.38. The van der Waals surface area contributed by atoms with E-state index in [1.165, 1.54) is 17.8 Å². The van der Waals surface area contributed by atoms with Gasteiger partial charge in [-0.05, 0) is 18.3 Å². The molecule has 0 spiro atoms. The maximum atomic E-state index is 11.9. The molecule has 2 unspecified atom stereocenters. The van der Waals surface area contributed by atoms with Crippen molar-refractivity contribution in [1.29, 1.82) is 0 Å². The Morgan fingerprint density at radius 3 is 2.94 bits per heavy atom. The van der Waals surface area contributed by atoms with Crippen LogP contribution >= 0.6 is 22.9 Å². The fourth-order valence-corrected chi connectivity index (χ4v) is 2.88. The lowest BCUT2D eigenvalue weighted by Gasteiger charge is -2.16. The van der Waals surface area contributed by atoms with Crippen LogP contribution < -0.4 is 0 Å². The summed E-state index contributed by atoms with van der Waals surface area (Å²) in [4.78, 5) is 18.1. The maximum Gasteiger partial charge on any atom is 0.229 e. The van der Waals surface area contributed by atoms with Crippen molar-refractivity contribution >= 4 is 28.8 Å². The lowest BCUT2D eigenvalue weighted by atomic mass is 10.3. The predicted molar refractivity (Wildman–Crippen MR) is 70.3 cm³/mol. The summed E-state index contributed by atoms with van der Waals surface area (Å²) in [5, 5.41) is 2.78. The lowest BCUT2D eigenvalue weighted by molar-refractivity contribution is -0.129. The first-order valence-corrected chi connectivity index (χ1v) is 7.24. The average molecular weight is 273 g/mol. The minimum atomic E-state index is 0.152. The standard InChI is InChI=1S/C12H17ClN2OS/c1-8-3-9(8)6-15(2)12(16)4-11-14-10(5-13)7-17-11/h7-9H,3-6H2,1-2H3. The average Bonchev–Trinajstić information content (AvgIpc) is 2.80. The van der Waals surface area contributed by atoms with E-state index in [1.807, 2.05) is 17.3 Å². The van der Waals surface area contributed by atoms with Crippen LogP contribution in [0.5, 0.6) is 0 Å². The molecule has 0 bridgehead atoms. The minimum absolute atomic E-state index is 0.152. The van der Waals surface area contributed by atoms with Gasteiger partial charge in [-0.15, -0.1) is 22.9 Å². The summed E-state index contributed by atoms with van der Waals surface area (Å²) in [5.41, 5.74) is 0.859. The second kappa shape index (κ2) is 5.36. The molecule has 17 heavy (non-hydrogen) atoms. The minimum Gasteiger partial charge on any atom is -0.345 e. The molecule has 2 rings (SSSR count). The van der Waals surface area contributed by atoms with Crippen LogP contribution in [0, 0.1) is 11.8 Å². The molecule has 0 N–H and O–H groups in total. The number of rotatable bonds is 5. The third-order valence-electron chi connectivity index (χ3n) is 3.25. The van der Waals surface area contributed by atoms with Gasteiger partial charge in [0, 0.05) is 19.0 Å². The van der Waals surface area contributed by atoms with Crippen LogP contribution in [-0.2, 0) is 17.1 Å². The summed E-state index contributed by atoms with van der Waals surface area (Å²) in [7, 11) is 1.88. The van der Waals surface area contributed by atoms with Crippen molar-refractivity contribution in [3.8, 4) is 0 Å². The van der Waals surface area contributed by atoms with Crippen molar-refractivity contribution in [3.05, 3.63) is 16.1 Å². The number of amides is 1. The number of aromatic nitrogens is 1. The highest BCUT2D eigenvalue weighted by molar-refractivity contribution is 7.09.